The summed E-state index contributed by atoms with van der Waals surface area (Å²) < 4.78 is 11.0. The van der Waals surface area contributed by atoms with E-state index in [9.17, 15) is 4.79 Å². The van der Waals surface area contributed by atoms with Crippen molar-refractivity contribution in [3.63, 3.8) is 0 Å². The summed E-state index contributed by atoms with van der Waals surface area (Å²) in [7, 11) is 0. The molecule has 0 unspecified atom stereocenters. The van der Waals surface area contributed by atoms with Gasteiger partial charge in [0.05, 0.1) is 19.1 Å². The average Bonchev–Trinajstić information content (AvgIpc) is 2.59. The number of fused-ring (bicyclic) bond motifs is 1. The molecule has 2 aliphatic heterocycles. The molecule has 1 N–H and O–H groups in total. The topological polar surface area (TPSA) is 50.8 Å². The van der Waals surface area contributed by atoms with E-state index in [1.807, 2.05) is 24.3 Å². The van der Waals surface area contributed by atoms with Gasteiger partial charge in [-0.15, -0.1) is 0 Å². The second-order valence-corrected chi connectivity index (χ2v) is 5.92. The molecule has 2 aliphatic rings. The van der Waals surface area contributed by atoms with Gasteiger partial charge in [-0.3, -0.25) is 9.69 Å². The van der Waals surface area contributed by atoms with Crippen molar-refractivity contribution in [3.8, 4) is 5.75 Å². The molecule has 1 saturated heterocycles. The van der Waals surface area contributed by atoms with Gasteiger partial charge in [-0.1, -0.05) is 18.2 Å². The summed E-state index contributed by atoms with van der Waals surface area (Å²) in [5.74, 6) is 0.952. The largest absolute Gasteiger partial charge is 0.492 e. The monoisotopic (exact) mass is 304 g/mol. The zero-order valence-electron chi connectivity index (χ0n) is 12.9. The fraction of sp³-hybridized carbons (Fsp3) is 0.588. The van der Waals surface area contributed by atoms with Gasteiger partial charge in [-0.05, 0) is 31.0 Å². The molecule has 0 aromatic heterocycles. The molecule has 1 amide bonds. The van der Waals surface area contributed by atoms with Crippen LogP contribution in [0.25, 0.3) is 0 Å². The first-order valence-corrected chi connectivity index (χ1v) is 8.11. The first kappa shape index (κ1) is 15.3. The number of nitrogens with zero attached hydrogens (tertiary/aromatic N) is 1. The number of morpholine rings is 1. The summed E-state index contributed by atoms with van der Waals surface area (Å²) in [5, 5.41) is 3.05. The van der Waals surface area contributed by atoms with Crippen LogP contribution in [0.15, 0.2) is 24.3 Å². The molecule has 3 rings (SSSR count). The molecule has 0 saturated carbocycles. The van der Waals surface area contributed by atoms with Crippen molar-refractivity contribution in [1.29, 1.82) is 0 Å². The average molecular weight is 304 g/mol. The van der Waals surface area contributed by atoms with Crippen LogP contribution in [0.5, 0.6) is 5.75 Å². The highest BCUT2D eigenvalue weighted by molar-refractivity contribution is 5.79. The predicted octanol–water partition coefficient (Wildman–Crippen LogP) is 1.08. The zero-order valence-corrected chi connectivity index (χ0v) is 12.9. The van der Waals surface area contributed by atoms with Gasteiger partial charge in [0.15, 0.2) is 0 Å². The van der Waals surface area contributed by atoms with Gasteiger partial charge in [-0.25, -0.2) is 0 Å². The Labute approximate surface area is 131 Å². The van der Waals surface area contributed by atoms with Gasteiger partial charge < -0.3 is 14.8 Å². The lowest BCUT2D eigenvalue weighted by Gasteiger charge is -2.27. The maximum absolute atomic E-state index is 12.2. The van der Waals surface area contributed by atoms with Gasteiger partial charge >= 0.3 is 0 Å². The lowest BCUT2D eigenvalue weighted by molar-refractivity contribution is -0.126. The molecule has 0 spiro atoms. The van der Waals surface area contributed by atoms with E-state index in [1.54, 1.807) is 0 Å². The Morgan fingerprint density at radius 3 is 2.95 bits per heavy atom. The molecular weight excluding hydrogens is 280 g/mol. The molecule has 0 aliphatic carbocycles. The van der Waals surface area contributed by atoms with Crippen molar-refractivity contribution in [2.24, 2.45) is 5.92 Å². The molecule has 120 valence electrons. The number of ether oxygens (including phenoxy) is 2. The lowest BCUT2D eigenvalue weighted by atomic mass is 9.96. The number of amides is 1. The van der Waals surface area contributed by atoms with Crippen LogP contribution < -0.4 is 10.1 Å². The van der Waals surface area contributed by atoms with Crippen LogP contribution in [-0.2, 0) is 16.0 Å². The van der Waals surface area contributed by atoms with Gasteiger partial charge in [0.2, 0.25) is 5.91 Å². The smallest absolute Gasteiger partial charge is 0.226 e. The Balaban J connectivity index is 1.37. The SMILES string of the molecule is O=C(NCCCN1CCOCC1)[C@@H]1COc2ccccc2C1. The highest BCUT2D eigenvalue weighted by atomic mass is 16.5. The molecule has 1 atom stereocenters. The molecule has 5 heteroatoms. The fourth-order valence-electron chi connectivity index (χ4n) is 2.98. The number of carbonyl (C=O) groups excluding carboxylic acids is 1. The molecule has 1 aromatic carbocycles. The third-order valence-corrected chi connectivity index (χ3v) is 4.30. The molecule has 2 heterocycles. The maximum Gasteiger partial charge on any atom is 0.226 e. The number of nitrogens with one attached hydrogen (secondary N) is 1. The number of hydrogen-bond donors (Lipinski definition) is 1. The van der Waals surface area contributed by atoms with Crippen molar-refractivity contribution in [3.05, 3.63) is 29.8 Å². The second-order valence-electron chi connectivity index (χ2n) is 5.92. The highest BCUT2D eigenvalue weighted by Crippen LogP contribution is 2.26. The van der Waals surface area contributed by atoms with Crippen LogP contribution in [0.1, 0.15) is 12.0 Å². The number of carbonyl (C=O) groups is 1. The normalized spacial score (nSPS) is 21.7. The summed E-state index contributed by atoms with van der Waals surface area (Å²) in [5.41, 5.74) is 1.13. The Morgan fingerprint density at radius 2 is 2.09 bits per heavy atom. The van der Waals surface area contributed by atoms with Crippen molar-refractivity contribution in [1.82, 2.24) is 10.2 Å². The van der Waals surface area contributed by atoms with E-state index in [-0.39, 0.29) is 11.8 Å². The third kappa shape index (κ3) is 3.99. The van der Waals surface area contributed by atoms with E-state index in [4.69, 9.17) is 9.47 Å². The first-order valence-electron chi connectivity index (χ1n) is 8.11. The van der Waals surface area contributed by atoms with Crippen molar-refractivity contribution in [2.45, 2.75) is 12.8 Å². The van der Waals surface area contributed by atoms with Crippen molar-refractivity contribution in [2.75, 3.05) is 46.0 Å². The predicted molar refractivity (Wildman–Crippen MR) is 84.0 cm³/mol. The van der Waals surface area contributed by atoms with Crippen molar-refractivity contribution >= 4 is 5.91 Å². The van der Waals surface area contributed by atoms with Crippen LogP contribution in [0.4, 0.5) is 0 Å². The van der Waals surface area contributed by atoms with Crippen LogP contribution in [0.3, 0.4) is 0 Å². The highest BCUT2D eigenvalue weighted by Gasteiger charge is 2.25. The summed E-state index contributed by atoms with van der Waals surface area (Å²) in [6, 6.07) is 7.95. The van der Waals surface area contributed by atoms with Crippen LogP contribution in [0.2, 0.25) is 0 Å². The minimum atomic E-state index is -0.0710. The van der Waals surface area contributed by atoms with E-state index < -0.39 is 0 Å². The van der Waals surface area contributed by atoms with Crippen molar-refractivity contribution < 1.29 is 14.3 Å². The Hall–Kier alpha value is -1.59. The zero-order chi connectivity index (χ0) is 15.2. The minimum Gasteiger partial charge on any atom is -0.492 e. The Kier molecular flexibility index (Phi) is 5.29. The number of rotatable bonds is 5. The molecule has 1 fully saturated rings. The molecule has 22 heavy (non-hydrogen) atoms. The third-order valence-electron chi connectivity index (χ3n) is 4.30. The van der Waals surface area contributed by atoms with E-state index in [0.29, 0.717) is 6.61 Å². The quantitative estimate of drug-likeness (QED) is 0.827. The summed E-state index contributed by atoms with van der Waals surface area (Å²) in [6.45, 7) is 5.88. The maximum atomic E-state index is 12.2. The first-order chi connectivity index (χ1) is 10.8. The number of hydrogen-bond acceptors (Lipinski definition) is 4. The van der Waals surface area contributed by atoms with Gasteiger partial charge in [0, 0.05) is 19.6 Å². The Bertz CT molecular complexity index is 500. The van der Waals surface area contributed by atoms with E-state index >= 15 is 0 Å². The molecule has 5 nitrogen and oxygen atoms in total. The fourth-order valence-corrected chi connectivity index (χ4v) is 2.98. The van der Waals surface area contributed by atoms with Crippen LogP contribution in [0, 0.1) is 5.92 Å². The minimum absolute atomic E-state index is 0.0710. The van der Waals surface area contributed by atoms with Crippen LogP contribution in [-0.4, -0.2) is 56.8 Å². The van der Waals surface area contributed by atoms with E-state index in [1.165, 1.54) is 0 Å². The molecular formula is C17H24N2O3. The lowest BCUT2D eigenvalue weighted by Crippen LogP contribution is -2.40. The standard InChI is InChI=1S/C17H24N2O3/c20-17(18-6-3-7-19-8-10-21-11-9-19)15-12-14-4-1-2-5-16(14)22-13-15/h1-2,4-5,15H,3,6-13H2,(H,18,20)/t15-/m0/s1. The summed E-state index contributed by atoms with van der Waals surface area (Å²) in [6.07, 6.45) is 1.75. The molecule has 0 radical (unpaired) electrons. The van der Waals surface area contributed by atoms with Gasteiger partial charge in [-0.2, -0.15) is 0 Å². The Morgan fingerprint density at radius 1 is 1.27 bits per heavy atom. The van der Waals surface area contributed by atoms with E-state index in [0.717, 1.165) is 63.5 Å². The summed E-state index contributed by atoms with van der Waals surface area (Å²) in [4.78, 5) is 14.6. The second kappa shape index (κ2) is 7.61. The molecule has 0 bridgehead atoms. The number of benzene rings is 1. The summed E-state index contributed by atoms with van der Waals surface area (Å²) >= 11 is 0. The van der Waals surface area contributed by atoms with Gasteiger partial charge in [0.1, 0.15) is 12.4 Å². The van der Waals surface area contributed by atoms with Crippen LogP contribution >= 0.6 is 0 Å². The number of para-hydroxylation sites is 1. The van der Waals surface area contributed by atoms with E-state index in [2.05, 4.69) is 10.2 Å². The van der Waals surface area contributed by atoms with Gasteiger partial charge in [0.25, 0.3) is 0 Å². The molecule has 1 aromatic rings.